The number of nitrogens with zero attached hydrogens (tertiary/aromatic N) is 5. The second-order valence-corrected chi connectivity index (χ2v) is 11.7. The standard InChI is InChI=1S/C26H32N6O3S/c1-26(2,3)23(32-15-21(28-30-32)17-9-10-17)25(35)31-14-18(33)11-22(31)24(34)27-13-19-12-20(29-36-19)16-7-5-4-6-8-16/h4-8,12,15,17-18,22-23,33H,9-11,13-14H2,1-3H3,(H,27,34)/t18-,22+,23-/m1/s1. The van der Waals surface area contributed by atoms with Crippen molar-refractivity contribution in [1.29, 1.82) is 0 Å². The number of carbonyl (C=O) groups excluding carboxylic acids is 2. The summed E-state index contributed by atoms with van der Waals surface area (Å²) in [6.07, 6.45) is 3.51. The summed E-state index contributed by atoms with van der Waals surface area (Å²) in [5.41, 5.74) is 2.33. The SMILES string of the molecule is CC(C)(C)[C@@H](C(=O)N1C[C@H](O)C[C@H]1C(=O)NCc1cc(-c2ccccc2)ns1)n1cc(C2CC2)nn1. The van der Waals surface area contributed by atoms with E-state index >= 15 is 0 Å². The second kappa shape index (κ2) is 9.74. The van der Waals surface area contributed by atoms with Crippen LogP contribution in [0.15, 0.2) is 42.6 Å². The summed E-state index contributed by atoms with van der Waals surface area (Å²) in [4.78, 5) is 29.4. The third-order valence-electron chi connectivity index (χ3n) is 6.77. The Hall–Kier alpha value is -3.11. The van der Waals surface area contributed by atoms with Gasteiger partial charge >= 0.3 is 0 Å². The fourth-order valence-corrected chi connectivity index (χ4v) is 5.43. The first-order valence-electron chi connectivity index (χ1n) is 12.4. The van der Waals surface area contributed by atoms with Gasteiger partial charge in [0.05, 0.1) is 24.0 Å². The van der Waals surface area contributed by atoms with Crippen molar-refractivity contribution in [1.82, 2.24) is 29.6 Å². The predicted octanol–water partition coefficient (Wildman–Crippen LogP) is 3.14. The zero-order chi connectivity index (χ0) is 25.4. The van der Waals surface area contributed by atoms with Gasteiger partial charge in [-0.25, -0.2) is 4.68 Å². The van der Waals surface area contributed by atoms with Crippen LogP contribution in [0.3, 0.4) is 0 Å². The Bertz CT molecular complexity index is 1230. The number of aromatic nitrogens is 4. The molecular formula is C26H32N6O3S. The van der Waals surface area contributed by atoms with Gasteiger partial charge in [-0.1, -0.05) is 56.3 Å². The van der Waals surface area contributed by atoms with Crippen LogP contribution in [0.2, 0.25) is 0 Å². The number of rotatable bonds is 7. The van der Waals surface area contributed by atoms with E-state index in [0.717, 1.165) is 34.7 Å². The van der Waals surface area contributed by atoms with Crippen LogP contribution in [0, 0.1) is 5.41 Å². The molecule has 1 saturated carbocycles. The van der Waals surface area contributed by atoms with E-state index in [2.05, 4.69) is 20.0 Å². The van der Waals surface area contributed by atoms with Gasteiger partial charge in [0, 0.05) is 35.5 Å². The molecule has 3 heterocycles. The molecule has 5 rings (SSSR count). The average Bonchev–Trinajstić information content (AvgIpc) is 3.22. The molecule has 2 aromatic heterocycles. The molecule has 2 aliphatic rings. The second-order valence-electron chi connectivity index (χ2n) is 10.8. The molecule has 1 aromatic carbocycles. The molecule has 3 atom stereocenters. The Morgan fingerprint density at radius 2 is 1.97 bits per heavy atom. The van der Waals surface area contributed by atoms with E-state index in [-0.39, 0.29) is 24.8 Å². The Kier molecular flexibility index (Phi) is 6.65. The highest BCUT2D eigenvalue weighted by molar-refractivity contribution is 7.06. The van der Waals surface area contributed by atoms with Gasteiger partial charge in [-0.05, 0) is 35.9 Å². The molecule has 190 valence electrons. The van der Waals surface area contributed by atoms with Crippen LogP contribution >= 0.6 is 11.5 Å². The number of hydrogen-bond donors (Lipinski definition) is 2. The number of amides is 2. The van der Waals surface area contributed by atoms with Crippen LogP contribution in [0.5, 0.6) is 0 Å². The van der Waals surface area contributed by atoms with Crippen molar-refractivity contribution in [3.63, 3.8) is 0 Å². The van der Waals surface area contributed by atoms with E-state index in [9.17, 15) is 14.7 Å². The molecule has 0 radical (unpaired) electrons. The third kappa shape index (κ3) is 5.19. The van der Waals surface area contributed by atoms with Crippen molar-refractivity contribution in [3.8, 4) is 11.3 Å². The molecule has 1 aliphatic heterocycles. The normalized spacial score (nSPS) is 20.9. The number of β-amino-alcohol motifs (C(OH)–C–C–N with tert-alkyl or cyclic N) is 1. The summed E-state index contributed by atoms with van der Waals surface area (Å²) in [7, 11) is 0. The number of hydrogen-bond acceptors (Lipinski definition) is 7. The van der Waals surface area contributed by atoms with Crippen LogP contribution in [-0.2, 0) is 16.1 Å². The van der Waals surface area contributed by atoms with Crippen LogP contribution in [0.1, 0.15) is 62.6 Å². The molecule has 0 bridgehead atoms. The molecule has 9 nitrogen and oxygen atoms in total. The third-order valence-corrected chi connectivity index (χ3v) is 7.56. The van der Waals surface area contributed by atoms with Crippen LogP contribution in [0.4, 0.5) is 0 Å². The van der Waals surface area contributed by atoms with Crippen molar-refractivity contribution >= 4 is 23.3 Å². The zero-order valence-corrected chi connectivity index (χ0v) is 21.6. The van der Waals surface area contributed by atoms with Gasteiger partial charge in [0.15, 0.2) is 0 Å². The van der Waals surface area contributed by atoms with Crippen LogP contribution < -0.4 is 5.32 Å². The molecule has 1 saturated heterocycles. The molecule has 36 heavy (non-hydrogen) atoms. The highest BCUT2D eigenvalue weighted by Crippen LogP contribution is 2.40. The summed E-state index contributed by atoms with van der Waals surface area (Å²) >= 11 is 1.34. The van der Waals surface area contributed by atoms with Gasteiger partial charge in [0.1, 0.15) is 12.1 Å². The number of carbonyl (C=O) groups is 2. The number of aliphatic hydroxyl groups is 1. The maximum Gasteiger partial charge on any atom is 0.248 e. The largest absolute Gasteiger partial charge is 0.391 e. The number of benzene rings is 1. The van der Waals surface area contributed by atoms with Crippen molar-refractivity contribution in [2.75, 3.05) is 6.54 Å². The van der Waals surface area contributed by atoms with Gasteiger partial charge in [0.25, 0.3) is 0 Å². The first kappa shape index (κ1) is 24.6. The summed E-state index contributed by atoms with van der Waals surface area (Å²) in [6.45, 7) is 6.36. The molecule has 2 amide bonds. The van der Waals surface area contributed by atoms with Gasteiger partial charge in [0.2, 0.25) is 11.8 Å². The minimum atomic E-state index is -0.754. The quantitative estimate of drug-likeness (QED) is 0.507. The van der Waals surface area contributed by atoms with Crippen LogP contribution in [-0.4, -0.2) is 59.9 Å². The number of likely N-dealkylation sites (tertiary alicyclic amines) is 1. The van der Waals surface area contributed by atoms with E-state index in [4.69, 9.17) is 0 Å². The average molecular weight is 509 g/mol. The fourth-order valence-electron chi connectivity index (χ4n) is 4.76. The minimum Gasteiger partial charge on any atom is -0.391 e. The predicted molar refractivity (Wildman–Crippen MR) is 136 cm³/mol. The van der Waals surface area contributed by atoms with E-state index < -0.39 is 23.6 Å². The topological polar surface area (TPSA) is 113 Å². The van der Waals surface area contributed by atoms with Crippen molar-refractivity contribution in [2.45, 2.75) is 70.7 Å². The molecule has 2 fully saturated rings. The maximum atomic E-state index is 13.8. The smallest absolute Gasteiger partial charge is 0.248 e. The molecular weight excluding hydrogens is 476 g/mol. The first-order valence-corrected chi connectivity index (χ1v) is 13.2. The zero-order valence-electron chi connectivity index (χ0n) is 20.8. The highest BCUT2D eigenvalue weighted by atomic mass is 32.1. The summed E-state index contributed by atoms with van der Waals surface area (Å²) < 4.78 is 6.13. The van der Waals surface area contributed by atoms with Gasteiger partial charge < -0.3 is 15.3 Å². The number of nitrogens with one attached hydrogen (secondary N) is 1. The van der Waals surface area contributed by atoms with E-state index in [1.807, 2.05) is 63.4 Å². The summed E-state index contributed by atoms with van der Waals surface area (Å²) in [6, 6.07) is 10.5. The van der Waals surface area contributed by atoms with Crippen molar-refractivity contribution < 1.29 is 14.7 Å². The Morgan fingerprint density at radius 1 is 1.22 bits per heavy atom. The molecule has 1 aliphatic carbocycles. The van der Waals surface area contributed by atoms with E-state index in [1.54, 1.807) is 4.68 Å². The van der Waals surface area contributed by atoms with Crippen molar-refractivity contribution in [2.24, 2.45) is 5.41 Å². The Balaban J connectivity index is 1.29. The summed E-state index contributed by atoms with van der Waals surface area (Å²) in [5.74, 6) is -0.0779. The maximum absolute atomic E-state index is 13.8. The molecule has 3 aromatic rings. The molecule has 0 unspecified atom stereocenters. The first-order chi connectivity index (χ1) is 17.2. The fraction of sp³-hybridized carbons (Fsp3) is 0.500. The van der Waals surface area contributed by atoms with Crippen LogP contribution in [0.25, 0.3) is 11.3 Å². The Labute approximate surface area is 214 Å². The monoisotopic (exact) mass is 508 g/mol. The molecule has 0 spiro atoms. The molecule has 10 heteroatoms. The van der Waals surface area contributed by atoms with Gasteiger partial charge in [-0.15, -0.1) is 5.10 Å². The van der Waals surface area contributed by atoms with E-state index in [0.29, 0.717) is 12.5 Å². The lowest BCUT2D eigenvalue weighted by Gasteiger charge is -2.34. The summed E-state index contributed by atoms with van der Waals surface area (Å²) in [5, 5.41) is 21.9. The lowest BCUT2D eigenvalue weighted by atomic mass is 9.85. The lowest BCUT2D eigenvalue weighted by molar-refractivity contribution is -0.144. The highest BCUT2D eigenvalue weighted by Gasteiger charge is 2.45. The lowest BCUT2D eigenvalue weighted by Crippen LogP contribution is -2.50. The van der Waals surface area contributed by atoms with Gasteiger partial charge in [-0.2, -0.15) is 4.37 Å². The van der Waals surface area contributed by atoms with Gasteiger partial charge in [-0.3, -0.25) is 9.59 Å². The Morgan fingerprint density at radius 3 is 2.67 bits per heavy atom. The molecule has 2 N–H and O–H groups in total. The van der Waals surface area contributed by atoms with E-state index in [1.165, 1.54) is 16.4 Å². The van der Waals surface area contributed by atoms with Crippen molar-refractivity contribution in [3.05, 3.63) is 53.2 Å². The minimum absolute atomic E-state index is 0.117. The number of aliphatic hydroxyl groups excluding tert-OH is 1.